The van der Waals surface area contributed by atoms with Crippen LogP contribution in [-0.4, -0.2) is 16.3 Å². The lowest BCUT2D eigenvalue weighted by molar-refractivity contribution is -0.144. The minimum absolute atomic E-state index is 0.158. The molecule has 1 N–H and O–H groups in total. The first-order valence-electron chi connectivity index (χ1n) is 4.82. The molecule has 0 bridgehead atoms. The molecule has 1 aliphatic carbocycles. The Morgan fingerprint density at radius 3 is 2.80 bits per heavy atom. The molecule has 1 aromatic carbocycles. The second-order valence-electron chi connectivity index (χ2n) is 3.64. The van der Waals surface area contributed by atoms with Gasteiger partial charge in [0.15, 0.2) is 0 Å². The van der Waals surface area contributed by atoms with Gasteiger partial charge >= 0.3 is 5.97 Å². The van der Waals surface area contributed by atoms with Crippen molar-refractivity contribution in [1.82, 2.24) is 0 Å². The standard InChI is InChI=1S/C11H11BrO2S/c12-7-2-1-3-8(6-7)15-10-5-4-9(10)11(13)14/h1-3,6,9-10H,4-5H2,(H,13,14). The Labute approximate surface area is 101 Å². The molecule has 2 rings (SSSR count). The van der Waals surface area contributed by atoms with Crippen molar-refractivity contribution in [1.29, 1.82) is 0 Å². The summed E-state index contributed by atoms with van der Waals surface area (Å²) in [6.45, 7) is 0. The molecule has 2 nitrogen and oxygen atoms in total. The summed E-state index contributed by atoms with van der Waals surface area (Å²) in [7, 11) is 0. The zero-order valence-electron chi connectivity index (χ0n) is 8.02. The predicted molar refractivity (Wildman–Crippen MR) is 64.1 cm³/mol. The van der Waals surface area contributed by atoms with Gasteiger partial charge in [0.2, 0.25) is 0 Å². The highest BCUT2D eigenvalue weighted by atomic mass is 79.9. The first-order valence-corrected chi connectivity index (χ1v) is 6.49. The summed E-state index contributed by atoms with van der Waals surface area (Å²) in [5.74, 6) is -0.817. The van der Waals surface area contributed by atoms with E-state index in [4.69, 9.17) is 5.11 Å². The van der Waals surface area contributed by atoms with Crippen molar-refractivity contribution in [2.24, 2.45) is 5.92 Å². The van der Waals surface area contributed by atoms with Crippen LogP contribution >= 0.6 is 27.7 Å². The number of thioether (sulfide) groups is 1. The van der Waals surface area contributed by atoms with Crippen LogP contribution in [-0.2, 0) is 4.79 Å². The Bertz CT molecular complexity index is 381. The average Bonchev–Trinajstić information content (AvgIpc) is 2.11. The highest BCUT2D eigenvalue weighted by Gasteiger charge is 2.37. The van der Waals surface area contributed by atoms with Gasteiger partial charge in [-0.25, -0.2) is 0 Å². The quantitative estimate of drug-likeness (QED) is 0.925. The summed E-state index contributed by atoms with van der Waals surface area (Å²) in [5.41, 5.74) is 0. The van der Waals surface area contributed by atoms with Gasteiger partial charge in [0.05, 0.1) is 5.92 Å². The van der Waals surface area contributed by atoms with Gasteiger partial charge in [-0.1, -0.05) is 22.0 Å². The normalized spacial score (nSPS) is 24.6. The van der Waals surface area contributed by atoms with Gasteiger partial charge in [0.25, 0.3) is 0 Å². The van der Waals surface area contributed by atoms with Gasteiger partial charge in [-0.3, -0.25) is 4.79 Å². The van der Waals surface area contributed by atoms with Crippen LogP contribution in [0.5, 0.6) is 0 Å². The molecule has 2 atom stereocenters. The lowest BCUT2D eigenvalue weighted by Gasteiger charge is -2.32. The molecular formula is C11H11BrO2S. The van der Waals surface area contributed by atoms with E-state index in [2.05, 4.69) is 15.9 Å². The highest BCUT2D eigenvalue weighted by molar-refractivity contribution is 9.10. The van der Waals surface area contributed by atoms with E-state index >= 15 is 0 Å². The zero-order valence-corrected chi connectivity index (χ0v) is 10.4. The minimum Gasteiger partial charge on any atom is -0.481 e. The van der Waals surface area contributed by atoms with Crippen molar-refractivity contribution in [2.75, 3.05) is 0 Å². The lowest BCUT2D eigenvalue weighted by atomic mass is 9.85. The molecule has 15 heavy (non-hydrogen) atoms. The molecule has 4 heteroatoms. The second kappa shape index (κ2) is 4.58. The van der Waals surface area contributed by atoms with Crippen LogP contribution in [0.25, 0.3) is 0 Å². The zero-order chi connectivity index (χ0) is 10.8. The summed E-state index contributed by atoms with van der Waals surface area (Å²) in [6, 6.07) is 7.99. The number of carboxylic acid groups (broad SMARTS) is 1. The average molecular weight is 287 g/mol. The first kappa shape index (κ1) is 11.0. The van der Waals surface area contributed by atoms with Gasteiger partial charge in [-0.2, -0.15) is 0 Å². The van der Waals surface area contributed by atoms with Crippen molar-refractivity contribution < 1.29 is 9.90 Å². The molecule has 0 amide bonds. The Morgan fingerprint density at radius 2 is 2.27 bits per heavy atom. The third kappa shape index (κ3) is 2.55. The van der Waals surface area contributed by atoms with Crippen LogP contribution in [0, 0.1) is 5.92 Å². The number of benzene rings is 1. The largest absolute Gasteiger partial charge is 0.481 e. The molecule has 1 fully saturated rings. The van der Waals surface area contributed by atoms with Gasteiger partial charge < -0.3 is 5.11 Å². The molecule has 80 valence electrons. The molecule has 0 aliphatic heterocycles. The van der Waals surface area contributed by atoms with Gasteiger partial charge in [0.1, 0.15) is 0 Å². The van der Waals surface area contributed by atoms with E-state index in [1.54, 1.807) is 11.8 Å². The number of carbonyl (C=O) groups is 1. The Kier molecular flexibility index (Phi) is 3.36. The number of rotatable bonds is 3. The molecule has 0 heterocycles. The fourth-order valence-corrected chi connectivity index (χ4v) is 3.53. The maximum Gasteiger partial charge on any atom is 0.307 e. The fourth-order valence-electron chi connectivity index (χ4n) is 1.61. The van der Waals surface area contributed by atoms with Crippen LogP contribution < -0.4 is 0 Å². The van der Waals surface area contributed by atoms with Crippen molar-refractivity contribution in [3.63, 3.8) is 0 Å². The molecule has 1 aromatic rings. The molecule has 0 radical (unpaired) electrons. The van der Waals surface area contributed by atoms with E-state index in [0.717, 1.165) is 22.2 Å². The summed E-state index contributed by atoms with van der Waals surface area (Å²) in [6.07, 6.45) is 1.83. The molecule has 1 aliphatic rings. The van der Waals surface area contributed by atoms with E-state index in [0.29, 0.717) is 0 Å². The van der Waals surface area contributed by atoms with Crippen molar-refractivity contribution in [3.8, 4) is 0 Å². The Morgan fingerprint density at radius 1 is 1.47 bits per heavy atom. The number of hydrogen-bond donors (Lipinski definition) is 1. The Balaban J connectivity index is 2.00. The van der Waals surface area contributed by atoms with Crippen molar-refractivity contribution >= 4 is 33.7 Å². The van der Waals surface area contributed by atoms with E-state index < -0.39 is 5.97 Å². The molecule has 1 saturated carbocycles. The highest BCUT2D eigenvalue weighted by Crippen LogP contribution is 2.41. The molecular weight excluding hydrogens is 276 g/mol. The predicted octanol–water partition coefficient (Wildman–Crippen LogP) is 3.40. The summed E-state index contributed by atoms with van der Waals surface area (Å²) in [5, 5.41) is 9.16. The van der Waals surface area contributed by atoms with Gasteiger partial charge in [-0.15, -0.1) is 11.8 Å². The van der Waals surface area contributed by atoms with Crippen LogP contribution in [0.1, 0.15) is 12.8 Å². The van der Waals surface area contributed by atoms with Crippen LogP contribution in [0.2, 0.25) is 0 Å². The smallest absolute Gasteiger partial charge is 0.307 e. The third-order valence-corrected chi connectivity index (χ3v) is 4.50. The first-order chi connectivity index (χ1) is 7.16. The van der Waals surface area contributed by atoms with Crippen LogP contribution in [0.4, 0.5) is 0 Å². The summed E-state index contributed by atoms with van der Waals surface area (Å²) >= 11 is 5.08. The number of aliphatic carboxylic acids is 1. The van der Waals surface area contributed by atoms with E-state index in [1.165, 1.54) is 0 Å². The van der Waals surface area contributed by atoms with E-state index in [-0.39, 0.29) is 11.2 Å². The fraction of sp³-hybridized carbons (Fsp3) is 0.364. The van der Waals surface area contributed by atoms with Crippen molar-refractivity contribution in [2.45, 2.75) is 23.0 Å². The van der Waals surface area contributed by atoms with Gasteiger partial charge in [0, 0.05) is 14.6 Å². The monoisotopic (exact) mass is 286 g/mol. The maximum absolute atomic E-state index is 10.8. The second-order valence-corrected chi connectivity index (χ2v) is 5.86. The summed E-state index contributed by atoms with van der Waals surface area (Å²) in [4.78, 5) is 12.0. The van der Waals surface area contributed by atoms with Crippen LogP contribution in [0.15, 0.2) is 33.6 Å². The Hall–Kier alpha value is -0.480. The van der Waals surface area contributed by atoms with Crippen molar-refractivity contribution in [3.05, 3.63) is 28.7 Å². The molecule has 2 unspecified atom stereocenters. The number of carboxylic acids is 1. The number of halogens is 1. The van der Waals surface area contributed by atoms with E-state index in [9.17, 15) is 4.79 Å². The summed E-state index contributed by atoms with van der Waals surface area (Å²) < 4.78 is 1.04. The molecule has 0 aromatic heterocycles. The SMILES string of the molecule is O=C(O)C1CCC1Sc1cccc(Br)c1. The number of hydrogen-bond acceptors (Lipinski definition) is 2. The van der Waals surface area contributed by atoms with Gasteiger partial charge in [-0.05, 0) is 31.0 Å². The molecule has 0 spiro atoms. The third-order valence-electron chi connectivity index (χ3n) is 2.61. The minimum atomic E-state index is -0.659. The van der Waals surface area contributed by atoms with E-state index in [1.807, 2.05) is 24.3 Å². The molecule has 0 saturated heterocycles. The van der Waals surface area contributed by atoms with Crippen LogP contribution in [0.3, 0.4) is 0 Å². The lowest BCUT2D eigenvalue weighted by Crippen LogP contribution is -2.35. The topological polar surface area (TPSA) is 37.3 Å². The maximum atomic E-state index is 10.8.